The maximum Gasteiger partial charge on any atom is 0.0809 e. The summed E-state index contributed by atoms with van der Waals surface area (Å²) in [5.74, 6) is 0. The Balaban J connectivity index is 1.90. The summed E-state index contributed by atoms with van der Waals surface area (Å²) in [7, 11) is -1.27. The molecule has 2 aromatic carbocycles. The summed E-state index contributed by atoms with van der Waals surface area (Å²) < 4.78 is 0. The third-order valence-electron chi connectivity index (χ3n) is 3.60. The van der Waals surface area contributed by atoms with E-state index >= 15 is 0 Å². The highest BCUT2D eigenvalue weighted by Gasteiger charge is 2.21. The Morgan fingerprint density at radius 1 is 0.842 bits per heavy atom. The molecule has 0 aliphatic heterocycles. The molecule has 19 heavy (non-hydrogen) atoms. The molecule has 2 aromatic rings. The molecule has 0 N–H and O–H groups in total. The molecule has 0 amide bonds. The second-order valence-electron chi connectivity index (χ2n) is 5.60. The Kier molecular flexibility index (Phi) is 4.75. The van der Waals surface area contributed by atoms with Crippen LogP contribution in [0.4, 0.5) is 0 Å². The van der Waals surface area contributed by atoms with Crippen LogP contribution >= 0.6 is 0 Å². The highest BCUT2D eigenvalue weighted by atomic mass is 28.3. The fourth-order valence-corrected chi connectivity index (χ4v) is 4.53. The van der Waals surface area contributed by atoms with Crippen LogP contribution < -0.4 is 5.19 Å². The lowest BCUT2D eigenvalue weighted by Gasteiger charge is -2.22. The van der Waals surface area contributed by atoms with E-state index in [2.05, 4.69) is 85.9 Å². The summed E-state index contributed by atoms with van der Waals surface area (Å²) in [4.78, 5) is 0. The molecule has 1 heteroatoms. The molecule has 0 saturated heterocycles. The summed E-state index contributed by atoms with van der Waals surface area (Å²) >= 11 is 0. The van der Waals surface area contributed by atoms with E-state index < -0.39 is 8.07 Å². The average molecular weight is 266 g/mol. The molecule has 0 aromatic heterocycles. The number of hydrogen-bond acceptors (Lipinski definition) is 0. The maximum atomic E-state index is 2.46. The molecule has 0 aliphatic carbocycles. The van der Waals surface area contributed by atoms with Crippen molar-refractivity contribution in [3.05, 3.63) is 72.3 Å². The van der Waals surface area contributed by atoms with Crippen molar-refractivity contribution in [1.82, 2.24) is 0 Å². The summed E-state index contributed by atoms with van der Waals surface area (Å²) in [6, 6.07) is 22.8. The van der Waals surface area contributed by atoms with Crippen molar-refractivity contribution in [2.75, 3.05) is 0 Å². The van der Waals surface area contributed by atoms with Gasteiger partial charge in [-0.15, -0.1) is 0 Å². The molecular formula is C18H22Si. The fraction of sp³-hybridized carbons (Fsp3) is 0.222. The molecule has 0 nitrogen and oxygen atoms in total. The van der Waals surface area contributed by atoms with E-state index in [0.717, 1.165) is 0 Å². The van der Waals surface area contributed by atoms with E-state index in [0.29, 0.717) is 0 Å². The highest BCUT2D eigenvalue weighted by Crippen LogP contribution is 2.13. The smallest absolute Gasteiger partial charge is 0.0809 e. The van der Waals surface area contributed by atoms with Gasteiger partial charge in [0.05, 0.1) is 8.07 Å². The standard InChI is InChI=1S/C18H22Si/c1-19(2,18-14-7-4-8-15-18)16-10-9-13-17-11-5-3-6-12-17/h3-9,11-15H,10,16H2,1-2H3/b13-9+. The van der Waals surface area contributed by atoms with Crippen LogP contribution in [0.25, 0.3) is 6.08 Å². The van der Waals surface area contributed by atoms with Gasteiger partial charge in [-0.05, 0) is 12.0 Å². The molecule has 0 fully saturated rings. The van der Waals surface area contributed by atoms with Gasteiger partial charge in [-0.25, -0.2) is 0 Å². The average Bonchev–Trinajstić information content (AvgIpc) is 2.46. The van der Waals surface area contributed by atoms with Crippen LogP contribution in [0.1, 0.15) is 12.0 Å². The number of hydrogen-bond donors (Lipinski definition) is 0. The first-order chi connectivity index (χ1) is 9.18. The van der Waals surface area contributed by atoms with Gasteiger partial charge in [0.15, 0.2) is 0 Å². The highest BCUT2D eigenvalue weighted by molar-refractivity contribution is 6.89. The third-order valence-corrected chi connectivity index (χ3v) is 7.04. The number of benzene rings is 2. The summed E-state index contributed by atoms with van der Waals surface area (Å²) in [6.45, 7) is 4.91. The molecule has 2 rings (SSSR count). The molecule has 0 radical (unpaired) electrons. The van der Waals surface area contributed by atoms with Crippen LogP contribution in [-0.4, -0.2) is 8.07 Å². The third kappa shape index (κ3) is 4.21. The molecule has 98 valence electrons. The van der Waals surface area contributed by atoms with Gasteiger partial charge in [-0.3, -0.25) is 0 Å². The minimum Gasteiger partial charge on any atom is -0.0842 e. The molecule has 0 aliphatic rings. The normalized spacial score (nSPS) is 11.9. The summed E-state index contributed by atoms with van der Waals surface area (Å²) in [5, 5.41) is 1.56. The number of rotatable bonds is 5. The fourth-order valence-electron chi connectivity index (χ4n) is 2.26. The Bertz CT molecular complexity index is 512. The quantitative estimate of drug-likeness (QED) is 0.688. The van der Waals surface area contributed by atoms with Gasteiger partial charge in [0.25, 0.3) is 0 Å². The van der Waals surface area contributed by atoms with Gasteiger partial charge < -0.3 is 0 Å². The zero-order valence-corrected chi connectivity index (χ0v) is 12.8. The van der Waals surface area contributed by atoms with E-state index in [9.17, 15) is 0 Å². The minimum atomic E-state index is -1.27. The Labute approximate surface area is 117 Å². The topological polar surface area (TPSA) is 0 Å². The first-order valence-corrected chi connectivity index (χ1v) is 10.2. The second kappa shape index (κ2) is 6.53. The monoisotopic (exact) mass is 266 g/mol. The second-order valence-corrected chi connectivity index (χ2v) is 10.4. The van der Waals surface area contributed by atoms with Gasteiger partial charge in [-0.1, -0.05) is 97.1 Å². The van der Waals surface area contributed by atoms with Crippen molar-refractivity contribution in [3.63, 3.8) is 0 Å². The van der Waals surface area contributed by atoms with Crippen molar-refractivity contribution in [1.29, 1.82) is 0 Å². The van der Waals surface area contributed by atoms with Gasteiger partial charge in [-0.2, -0.15) is 0 Å². The molecule has 0 heterocycles. The van der Waals surface area contributed by atoms with Crippen molar-refractivity contribution >= 4 is 19.3 Å². The Morgan fingerprint density at radius 3 is 2.05 bits per heavy atom. The maximum absolute atomic E-state index is 2.46. The van der Waals surface area contributed by atoms with Crippen molar-refractivity contribution in [2.45, 2.75) is 25.6 Å². The molecular weight excluding hydrogens is 244 g/mol. The lowest BCUT2D eigenvalue weighted by atomic mass is 10.2. The minimum absolute atomic E-state index is 1.17. The van der Waals surface area contributed by atoms with Crippen LogP contribution in [-0.2, 0) is 0 Å². The van der Waals surface area contributed by atoms with Crippen LogP contribution in [0.15, 0.2) is 66.7 Å². The van der Waals surface area contributed by atoms with Gasteiger partial charge in [0, 0.05) is 0 Å². The lowest BCUT2D eigenvalue weighted by molar-refractivity contribution is 1.17. The predicted molar refractivity (Wildman–Crippen MR) is 88.5 cm³/mol. The molecule has 0 unspecified atom stereocenters. The van der Waals surface area contributed by atoms with Crippen molar-refractivity contribution in [3.8, 4) is 0 Å². The zero-order chi connectivity index (χ0) is 13.6. The first kappa shape index (κ1) is 13.8. The molecule has 0 spiro atoms. The Hall–Kier alpha value is -1.60. The van der Waals surface area contributed by atoms with Crippen LogP contribution in [0, 0.1) is 0 Å². The van der Waals surface area contributed by atoms with Gasteiger partial charge in [0.2, 0.25) is 0 Å². The molecule has 0 bridgehead atoms. The van der Waals surface area contributed by atoms with E-state index in [1.807, 2.05) is 0 Å². The van der Waals surface area contributed by atoms with Crippen LogP contribution in [0.3, 0.4) is 0 Å². The van der Waals surface area contributed by atoms with E-state index in [1.165, 1.54) is 18.0 Å². The van der Waals surface area contributed by atoms with E-state index in [-0.39, 0.29) is 0 Å². The van der Waals surface area contributed by atoms with Crippen LogP contribution in [0.2, 0.25) is 19.1 Å². The molecule has 0 atom stereocenters. The lowest BCUT2D eigenvalue weighted by Crippen LogP contribution is -2.40. The summed E-state index contributed by atoms with van der Waals surface area (Å²) in [6.07, 6.45) is 5.71. The largest absolute Gasteiger partial charge is 0.0842 e. The first-order valence-electron chi connectivity index (χ1n) is 6.96. The van der Waals surface area contributed by atoms with Gasteiger partial charge >= 0.3 is 0 Å². The van der Waals surface area contributed by atoms with Crippen molar-refractivity contribution < 1.29 is 0 Å². The Morgan fingerprint density at radius 2 is 1.42 bits per heavy atom. The predicted octanol–water partition coefficient (Wildman–Crippen LogP) is 4.71. The van der Waals surface area contributed by atoms with Crippen LogP contribution in [0.5, 0.6) is 0 Å². The summed E-state index contributed by atoms with van der Waals surface area (Å²) in [5.41, 5.74) is 1.29. The molecule has 0 saturated carbocycles. The van der Waals surface area contributed by atoms with Gasteiger partial charge in [0.1, 0.15) is 0 Å². The van der Waals surface area contributed by atoms with Crippen molar-refractivity contribution in [2.24, 2.45) is 0 Å². The SMILES string of the molecule is C[Si](C)(CC/C=C/c1ccccc1)c1ccccc1. The van der Waals surface area contributed by atoms with E-state index in [4.69, 9.17) is 0 Å². The van der Waals surface area contributed by atoms with E-state index in [1.54, 1.807) is 5.19 Å². The zero-order valence-electron chi connectivity index (χ0n) is 11.8. The number of allylic oxidation sites excluding steroid dienone is 1.